The van der Waals surface area contributed by atoms with Gasteiger partial charge < -0.3 is 4.74 Å². The van der Waals surface area contributed by atoms with E-state index in [4.69, 9.17) is 4.74 Å². The van der Waals surface area contributed by atoms with Crippen LogP contribution in [0.1, 0.15) is 26.7 Å². The van der Waals surface area contributed by atoms with E-state index in [-0.39, 0.29) is 11.3 Å². The molecule has 2 atom stereocenters. The molecule has 7 nitrogen and oxygen atoms in total. The molecule has 2 unspecified atom stereocenters. The quantitative estimate of drug-likeness (QED) is 0.648. The largest absolute Gasteiger partial charge is 0.497 e. The lowest BCUT2D eigenvalue weighted by atomic mass is 10.2. The Morgan fingerprint density at radius 1 is 1.10 bits per heavy atom. The molecule has 2 amide bonds. The Labute approximate surface area is 170 Å². The summed E-state index contributed by atoms with van der Waals surface area (Å²) < 4.78 is 33.1. The smallest absolute Gasteiger partial charge is 0.252 e. The lowest BCUT2D eigenvalue weighted by Gasteiger charge is -2.31. The summed E-state index contributed by atoms with van der Waals surface area (Å²) in [5.41, 5.74) is 0.441. The van der Waals surface area contributed by atoms with E-state index in [0.717, 1.165) is 4.90 Å². The fourth-order valence-electron chi connectivity index (χ4n) is 3.42. The first kappa shape index (κ1) is 21.0. The first-order valence-electron chi connectivity index (χ1n) is 9.40. The molecule has 0 N–H and O–H groups in total. The van der Waals surface area contributed by atoms with E-state index in [0.29, 0.717) is 17.9 Å². The molecule has 1 fully saturated rings. The predicted octanol–water partition coefficient (Wildman–Crippen LogP) is 2.82. The van der Waals surface area contributed by atoms with Crippen molar-refractivity contribution in [3.63, 3.8) is 0 Å². The summed E-state index contributed by atoms with van der Waals surface area (Å²) in [6, 6.07) is 13.0. The number of nitrogens with zero attached hydrogens (tertiary/aromatic N) is 2. The molecule has 2 aromatic rings. The summed E-state index contributed by atoms with van der Waals surface area (Å²) in [6.45, 7) is 3.58. The molecular formula is C21H24N2O5S. The normalized spacial score (nSPS) is 18.3. The summed E-state index contributed by atoms with van der Waals surface area (Å²) in [5.74, 6) is -0.413. The molecule has 1 saturated heterocycles. The van der Waals surface area contributed by atoms with Gasteiger partial charge in [-0.1, -0.05) is 25.1 Å². The van der Waals surface area contributed by atoms with E-state index >= 15 is 0 Å². The van der Waals surface area contributed by atoms with Crippen molar-refractivity contribution in [3.05, 3.63) is 54.6 Å². The zero-order valence-electron chi connectivity index (χ0n) is 16.6. The molecule has 1 aliphatic heterocycles. The van der Waals surface area contributed by atoms with Crippen LogP contribution in [0.3, 0.4) is 0 Å². The molecule has 154 valence electrons. The van der Waals surface area contributed by atoms with Crippen molar-refractivity contribution in [3.8, 4) is 5.75 Å². The van der Waals surface area contributed by atoms with Crippen LogP contribution < -0.4 is 9.64 Å². The van der Waals surface area contributed by atoms with E-state index in [9.17, 15) is 18.0 Å². The summed E-state index contributed by atoms with van der Waals surface area (Å²) in [7, 11) is -2.51. The third-order valence-corrected chi connectivity index (χ3v) is 7.14. The van der Waals surface area contributed by atoms with Gasteiger partial charge in [-0.15, -0.1) is 0 Å². The number of amides is 2. The van der Waals surface area contributed by atoms with Crippen LogP contribution in [0.5, 0.6) is 5.75 Å². The molecule has 3 rings (SSSR count). The Kier molecular flexibility index (Phi) is 6.04. The first-order valence-corrected chi connectivity index (χ1v) is 10.8. The van der Waals surface area contributed by atoms with Crippen LogP contribution in [0.15, 0.2) is 59.5 Å². The van der Waals surface area contributed by atoms with E-state index in [1.165, 1.54) is 23.5 Å². The number of rotatable bonds is 7. The summed E-state index contributed by atoms with van der Waals surface area (Å²) in [5, 5.41) is 0. The molecular weight excluding hydrogens is 392 g/mol. The Bertz CT molecular complexity index is 989. The third kappa shape index (κ3) is 3.90. The topological polar surface area (TPSA) is 84.0 Å². The van der Waals surface area contributed by atoms with Crippen molar-refractivity contribution in [1.29, 1.82) is 0 Å². The highest BCUT2D eigenvalue weighted by Crippen LogP contribution is 2.31. The zero-order valence-corrected chi connectivity index (χ0v) is 17.4. The maximum absolute atomic E-state index is 13.4. The number of anilines is 1. The van der Waals surface area contributed by atoms with Crippen LogP contribution in [0.25, 0.3) is 0 Å². The maximum Gasteiger partial charge on any atom is 0.252 e. The van der Waals surface area contributed by atoms with Gasteiger partial charge >= 0.3 is 0 Å². The van der Waals surface area contributed by atoms with Crippen LogP contribution in [-0.2, 0) is 19.6 Å². The number of sulfonamides is 1. The van der Waals surface area contributed by atoms with Gasteiger partial charge in [0.25, 0.3) is 5.91 Å². The highest BCUT2D eigenvalue weighted by molar-refractivity contribution is 7.89. The summed E-state index contributed by atoms with van der Waals surface area (Å²) >= 11 is 0. The number of carbonyl (C=O) groups is 2. The zero-order chi connectivity index (χ0) is 21.2. The monoisotopic (exact) mass is 416 g/mol. The summed E-state index contributed by atoms with van der Waals surface area (Å²) in [6.07, 6.45) is 0.312. The number of para-hydroxylation sites is 1. The fraction of sp³-hybridized carbons (Fsp3) is 0.333. The standard InChI is InChI=1S/C21H24N2O5S/c1-4-15(2)23(29(26,27)18-12-10-17(28-3)11-13-18)19-14-20(24)22(21(19)25)16-8-6-5-7-9-16/h5-13,15,19H,4,14H2,1-3H3. The predicted molar refractivity (Wildman–Crippen MR) is 109 cm³/mol. The van der Waals surface area contributed by atoms with Gasteiger partial charge in [0.15, 0.2) is 0 Å². The Morgan fingerprint density at radius 3 is 2.28 bits per heavy atom. The Balaban J connectivity index is 2.01. The number of ether oxygens (including phenoxy) is 1. The molecule has 1 heterocycles. The van der Waals surface area contributed by atoms with Gasteiger partial charge in [0, 0.05) is 6.04 Å². The van der Waals surface area contributed by atoms with Gasteiger partial charge in [-0.05, 0) is 49.7 Å². The summed E-state index contributed by atoms with van der Waals surface area (Å²) in [4.78, 5) is 26.9. The van der Waals surface area contributed by atoms with E-state index < -0.39 is 33.9 Å². The lowest BCUT2D eigenvalue weighted by Crippen LogP contribution is -2.49. The highest BCUT2D eigenvalue weighted by Gasteiger charge is 2.48. The molecule has 0 spiro atoms. The van der Waals surface area contributed by atoms with Crippen LogP contribution in [0.4, 0.5) is 5.69 Å². The van der Waals surface area contributed by atoms with Crippen molar-refractivity contribution < 1.29 is 22.7 Å². The van der Waals surface area contributed by atoms with Gasteiger partial charge in [-0.25, -0.2) is 13.3 Å². The van der Waals surface area contributed by atoms with Gasteiger partial charge in [-0.3, -0.25) is 9.59 Å². The average molecular weight is 416 g/mol. The van der Waals surface area contributed by atoms with E-state index in [2.05, 4.69) is 0 Å². The second-order valence-electron chi connectivity index (χ2n) is 6.89. The van der Waals surface area contributed by atoms with Gasteiger partial charge in [0.2, 0.25) is 15.9 Å². The Morgan fingerprint density at radius 2 is 1.72 bits per heavy atom. The second kappa shape index (κ2) is 8.34. The second-order valence-corrected chi connectivity index (χ2v) is 8.73. The van der Waals surface area contributed by atoms with Gasteiger partial charge in [-0.2, -0.15) is 4.31 Å². The maximum atomic E-state index is 13.4. The molecule has 8 heteroatoms. The van der Waals surface area contributed by atoms with Crippen LogP contribution in [0.2, 0.25) is 0 Å². The minimum Gasteiger partial charge on any atom is -0.497 e. The van der Waals surface area contributed by atoms with Crippen LogP contribution in [0, 0.1) is 0 Å². The SMILES string of the molecule is CCC(C)N(C1CC(=O)N(c2ccccc2)C1=O)S(=O)(=O)c1ccc(OC)cc1. The molecule has 1 aliphatic rings. The number of methoxy groups -OCH3 is 1. The van der Waals surface area contributed by atoms with Crippen molar-refractivity contribution in [2.24, 2.45) is 0 Å². The molecule has 0 radical (unpaired) electrons. The number of hydrogen-bond acceptors (Lipinski definition) is 5. The lowest BCUT2D eigenvalue weighted by molar-refractivity contribution is -0.122. The molecule has 0 aliphatic carbocycles. The van der Waals surface area contributed by atoms with Crippen molar-refractivity contribution >= 4 is 27.5 Å². The molecule has 0 aromatic heterocycles. The molecule has 29 heavy (non-hydrogen) atoms. The third-order valence-electron chi connectivity index (χ3n) is 5.10. The number of carbonyl (C=O) groups excluding carboxylic acids is 2. The van der Waals surface area contributed by atoms with Crippen molar-refractivity contribution in [1.82, 2.24) is 4.31 Å². The molecule has 2 aromatic carbocycles. The Hall–Kier alpha value is -2.71. The van der Waals surface area contributed by atoms with Gasteiger partial charge in [0.05, 0.1) is 24.1 Å². The number of hydrogen-bond donors (Lipinski definition) is 0. The average Bonchev–Trinajstić information content (AvgIpc) is 3.02. The highest BCUT2D eigenvalue weighted by atomic mass is 32.2. The molecule has 0 saturated carbocycles. The first-order chi connectivity index (χ1) is 13.8. The van der Waals surface area contributed by atoms with Crippen molar-refractivity contribution in [2.45, 2.75) is 43.7 Å². The number of benzene rings is 2. The van der Waals surface area contributed by atoms with E-state index in [1.807, 2.05) is 6.92 Å². The number of imide groups is 1. The minimum absolute atomic E-state index is 0.0528. The van der Waals surface area contributed by atoms with Crippen molar-refractivity contribution in [2.75, 3.05) is 12.0 Å². The minimum atomic E-state index is -4.00. The molecule has 0 bridgehead atoms. The fourth-order valence-corrected chi connectivity index (χ4v) is 5.27. The van der Waals surface area contributed by atoms with Gasteiger partial charge in [0.1, 0.15) is 11.8 Å². The van der Waals surface area contributed by atoms with Crippen LogP contribution in [-0.4, -0.2) is 43.7 Å². The van der Waals surface area contributed by atoms with E-state index in [1.54, 1.807) is 49.4 Å². The van der Waals surface area contributed by atoms with Crippen LogP contribution >= 0.6 is 0 Å².